The van der Waals surface area contributed by atoms with Gasteiger partial charge in [-0.25, -0.2) is 4.79 Å². The van der Waals surface area contributed by atoms with Gasteiger partial charge in [-0.1, -0.05) is 6.58 Å². The molecule has 0 fully saturated rings. The fourth-order valence-corrected chi connectivity index (χ4v) is 0.449. The van der Waals surface area contributed by atoms with Gasteiger partial charge < -0.3 is 9.30 Å². The summed E-state index contributed by atoms with van der Waals surface area (Å²) in [6.45, 7) is 4.75. The Morgan fingerprint density at radius 1 is 1.89 bits per heavy atom. The highest BCUT2D eigenvalue weighted by atomic mass is 31.1. The number of esters is 1. The summed E-state index contributed by atoms with van der Waals surface area (Å²) in [4.78, 5) is 10.3. The van der Waals surface area contributed by atoms with E-state index >= 15 is 0 Å². The second kappa shape index (κ2) is 4.33. The summed E-state index contributed by atoms with van der Waals surface area (Å²) >= 11 is 0. The molecule has 0 bridgehead atoms. The van der Waals surface area contributed by atoms with Crippen LogP contribution < -0.4 is 0 Å². The topological polar surface area (TPSA) is 43.4 Å². The molecule has 0 aliphatic heterocycles. The third-order valence-corrected chi connectivity index (χ3v) is 1.18. The quantitative estimate of drug-likeness (QED) is 0.338. The van der Waals surface area contributed by atoms with Crippen LogP contribution in [0.1, 0.15) is 6.92 Å². The Bertz CT molecular complexity index is 132. The second-order valence-corrected chi connectivity index (χ2v) is 2.69. The molecule has 2 atom stereocenters. The van der Waals surface area contributed by atoms with Gasteiger partial charge in [0.2, 0.25) is 0 Å². The minimum Gasteiger partial charge on any atom is -0.452 e. The van der Waals surface area contributed by atoms with Crippen LogP contribution in [0.25, 0.3) is 0 Å². The van der Waals surface area contributed by atoms with E-state index in [-0.39, 0.29) is 0 Å². The highest BCUT2D eigenvalue weighted by molar-refractivity contribution is 7.24. The zero-order valence-corrected chi connectivity index (χ0v) is 6.32. The minimum atomic E-state index is -1.03. The number of ether oxygens (including phenoxy) is 1. The molecule has 0 aromatic rings. The molecule has 4 heteroatoms. The van der Waals surface area contributed by atoms with E-state index in [2.05, 4.69) is 11.3 Å². The highest BCUT2D eigenvalue weighted by Crippen LogP contribution is 2.05. The Balaban J connectivity index is 3.58. The molecule has 0 aliphatic carbocycles. The van der Waals surface area contributed by atoms with Crippen molar-refractivity contribution in [2.24, 2.45) is 0 Å². The van der Waals surface area contributed by atoms with Gasteiger partial charge in [-0.3, -0.25) is 0 Å². The van der Waals surface area contributed by atoms with Crippen LogP contribution in [0.2, 0.25) is 0 Å². The van der Waals surface area contributed by atoms with Crippen molar-refractivity contribution in [3.05, 3.63) is 12.7 Å². The maximum atomic E-state index is 10.3. The van der Waals surface area contributed by atoms with Crippen LogP contribution >= 0.6 is 8.46 Å². The van der Waals surface area contributed by atoms with Crippen molar-refractivity contribution in [2.75, 3.05) is 0 Å². The summed E-state index contributed by atoms with van der Waals surface area (Å²) in [6.07, 6.45) is 1.05. The number of hydrogen-bond acceptors (Lipinski definition) is 3. The Hall–Kier alpha value is -0.560. The SMILES string of the molecule is C=CC(=O)OC(C)[PH2]=O. The summed E-state index contributed by atoms with van der Waals surface area (Å²) in [6, 6.07) is 0. The Kier molecular flexibility index (Phi) is 4.06. The zero-order chi connectivity index (χ0) is 7.28. The zero-order valence-electron chi connectivity index (χ0n) is 5.16. The first kappa shape index (κ1) is 8.44. The Labute approximate surface area is 54.9 Å². The third-order valence-electron chi connectivity index (χ3n) is 0.660. The van der Waals surface area contributed by atoms with E-state index < -0.39 is 20.3 Å². The van der Waals surface area contributed by atoms with Gasteiger partial charge in [-0.15, -0.1) is 0 Å². The lowest BCUT2D eigenvalue weighted by Gasteiger charge is -2.02. The molecule has 0 radical (unpaired) electrons. The molecule has 2 unspecified atom stereocenters. The smallest absolute Gasteiger partial charge is 0.330 e. The first-order valence-corrected chi connectivity index (χ1v) is 3.63. The lowest BCUT2D eigenvalue weighted by molar-refractivity contribution is -0.138. The van der Waals surface area contributed by atoms with Gasteiger partial charge in [0.1, 0.15) is 14.3 Å². The first-order chi connectivity index (χ1) is 4.20. The maximum absolute atomic E-state index is 10.3. The molecule has 0 amide bonds. The fourth-order valence-electron chi connectivity index (χ4n) is 0.259. The Morgan fingerprint density at radius 2 is 2.44 bits per heavy atom. The summed E-state index contributed by atoms with van der Waals surface area (Å²) in [5, 5.41) is 0. The number of hydrogen-bond donors (Lipinski definition) is 0. The molecular weight excluding hydrogens is 139 g/mol. The summed E-state index contributed by atoms with van der Waals surface area (Å²) in [7, 11) is -1.03. The molecule has 3 nitrogen and oxygen atoms in total. The largest absolute Gasteiger partial charge is 0.452 e. The number of carbonyl (C=O) groups is 1. The predicted molar refractivity (Wildman–Crippen MR) is 36.1 cm³/mol. The monoisotopic (exact) mass is 148 g/mol. The second-order valence-electron chi connectivity index (χ2n) is 1.48. The molecule has 0 N–H and O–H groups in total. The molecule has 0 aromatic heterocycles. The molecule has 0 heterocycles. The van der Waals surface area contributed by atoms with Gasteiger partial charge in [0.05, 0.1) is 0 Å². The minimum absolute atomic E-state index is 0.463. The van der Waals surface area contributed by atoms with Gasteiger partial charge in [0.15, 0.2) is 0 Å². The average molecular weight is 148 g/mol. The van der Waals surface area contributed by atoms with Crippen molar-refractivity contribution < 1.29 is 14.1 Å². The predicted octanol–water partition coefficient (Wildman–Crippen LogP) is 0.818. The maximum Gasteiger partial charge on any atom is 0.330 e. The average Bonchev–Trinajstić information content (AvgIpc) is 1.87. The van der Waals surface area contributed by atoms with E-state index in [1.807, 2.05) is 0 Å². The molecule has 0 saturated carbocycles. The standard InChI is InChI=1S/C5H9O3P/c1-3-5(6)8-4(2)9-7/h3-4H,1,9H2,2H3. The van der Waals surface area contributed by atoms with Crippen molar-refractivity contribution >= 4 is 14.4 Å². The first-order valence-electron chi connectivity index (χ1n) is 2.49. The van der Waals surface area contributed by atoms with Gasteiger partial charge in [0, 0.05) is 6.08 Å². The molecule has 0 aliphatic rings. The lowest BCUT2D eigenvalue weighted by Crippen LogP contribution is -2.05. The molecule has 0 aromatic carbocycles. The van der Waals surface area contributed by atoms with Crippen molar-refractivity contribution in [3.8, 4) is 0 Å². The van der Waals surface area contributed by atoms with E-state index in [1.54, 1.807) is 6.92 Å². The van der Waals surface area contributed by atoms with Gasteiger partial charge in [-0.2, -0.15) is 0 Å². The molecule has 0 rings (SSSR count). The van der Waals surface area contributed by atoms with E-state index in [4.69, 9.17) is 0 Å². The normalized spacial score (nSPS) is 13.4. The lowest BCUT2D eigenvalue weighted by atomic mass is 10.6. The highest BCUT2D eigenvalue weighted by Gasteiger charge is 2.00. The van der Waals surface area contributed by atoms with Gasteiger partial charge in [-0.05, 0) is 6.92 Å². The number of rotatable bonds is 3. The molecule has 0 saturated heterocycles. The van der Waals surface area contributed by atoms with Crippen LogP contribution in [0, 0.1) is 0 Å². The van der Waals surface area contributed by atoms with E-state index in [0.29, 0.717) is 0 Å². The molecular formula is C5H9O3P. The van der Waals surface area contributed by atoms with Crippen LogP contribution in [0.3, 0.4) is 0 Å². The third kappa shape index (κ3) is 3.98. The van der Waals surface area contributed by atoms with Crippen LogP contribution in [-0.2, 0) is 14.1 Å². The van der Waals surface area contributed by atoms with Crippen LogP contribution in [0.15, 0.2) is 12.7 Å². The van der Waals surface area contributed by atoms with Crippen molar-refractivity contribution in [3.63, 3.8) is 0 Å². The molecule has 0 spiro atoms. The summed E-state index contributed by atoms with van der Waals surface area (Å²) in [5.74, 6) is -0.985. The van der Waals surface area contributed by atoms with Crippen LogP contribution in [0.5, 0.6) is 0 Å². The summed E-state index contributed by atoms with van der Waals surface area (Å²) < 4.78 is 14.6. The van der Waals surface area contributed by atoms with Crippen LogP contribution in [-0.4, -0.2) is 11.8 Å². The van der Waals surface area contributed by atoms with E-state index in [9.17, 15) is 9.36 Å². The summed E-state index contributed by atoms with van der Waals surface area (Å²) in [5.41, 5.74) is 0. The van der Waals surface area contributed by atoms with Crippen LogP contribution in [0.4, 0.5) is 0 Å². The van der Waals surface area contributed by atoms with E-state index in [0.717, 1.165) is 6.08 Å². The van der Waals surface area contributed by atoms with Gasteiger partial charge in [0.25, 0.3) is 0 Å². The molecule has 52 valence electrons. The molecule has 9 heavy (non-hydrogen) atoms. The van der Waals surface area contributed by atoms with Crippen molar-refractivity contribution in [2.45, 2.75) is 12.8 Å². The number of carbonyl (C=O) groups excluding carboxylic acids is 1. The Morgan fingerprint density at radius 3 is 2.78 bits per heavy atom. The van der Waals surface area contributed by atoms with Crippen molar-refractivity contribution in [1.82, 2.24) is 0 Å². The van der Waals surface area contributed by atoms with Crippen molar-refractivity contribution in [1.29, 1.82) is 0 Å². The van der Waals surface area contributed by atoms with Gasteiger partial charge >= 0.3 is 5.97 Å². The fraction of sp³-hybridized carbons (Fsp3) is 0.400. The van der Waals surface area contributed by atoms with E-state index in [1.165, 1.54) is 0 Å².